The Labute approximate surface area is 475 Å². The predicted octanol–water partition coefficient (Wildman–Crippen LogP) is -1.94. The molecule has 2 aromatic carbocycles. The van der Waals surface area contributed by atoms with Gasteiger partial charge in [-0.1, -0.05) is 46.2 Å². The summed E-state index contributed by atoms with van der Waals surface area (Å²) in [5.41, 5.74) is 18.7. The van der Waals surface area contributed by atoms with Gasteiger partial charge in [0.1, 0.15) is 48.5 Å². The quantitative estimate of drug-likeness (QED) is 0.0253. The van der Waals surface area contributed by atoms with Gasteiger partial charge in [-0.15, -0.1) is 0 Å². The molecule has 1 aliphatic rings. The Morgan fingerprint density at radius 1 is 0.744 bits per heavy atom. The maximum atomic E-state index is 14.3. The number of piperazine rings is 1. The van der Waals surface area contributed by atoms with Gasteiger partial charge >= 0.3 is 0 Å². The van der Waals surface area contributed by atoms with Crippen molar-refractivity contribution in [2.24, 2.45) is 29.0 Å². The second-order valence-electron chi connectivity index (χ2n) is 21.0. The molecule has 9 amide bonds. The van der Waals surface area contributed by atoms with E-state index < -0.39 is 102 Å². The largest absolute Gasteiger partial charge is 0.508 e. The standard InChI is InChI=1S/C55H80N16O11/c1-7-32(4)47(58)53(80)64-40(10-8-9-17-56)55(82)70-20-18-69(19-21-70)36-13-16-39-38(25-36)54(81)71(30-62-39)28-46(74)63-33(5)48(75)65-43(24-35-27-60-29-61-35)52(79)67-42(23-34-11-14-37(72)15-12-34)51(78)66-41(22-31(2)3)50(77)68-44(26-45(57)73)49(76)59-6/h11-16,25,27,29-33,40-44,47,72H,7-10,17-24,26,28,56,58H2,1-6H3,(H2,57,73)(H,59,76)(H,60,61)(H,63,74)(H,64,80)(H,65,75)(H,66,78)(H,67,79)(H,68,77)/t32-,33-,40-,41-,42-,43-,44-,47-/m0/s1. The number of aromatic nitrogens is 4. The zero-order chi connectivity index (χ0) is 60.2. The van der Waals surface area contributed by atoms with Crippen molar-refractivity contribution in [2.45, 2.75) is 135 Å². The van der Waals surface area contributed by atoms with Gasteiger partial charge in [0.2, 0.25) is 53.2 Å². The molecule has 4 aromatic rings. The molecule has 1 fully saturated rings. The molecule has 0 saturated carbocycles. The lowest BCUT2D eigenvalue weighted by Gasteiger charge is -2.38. The van der Waals surface area contributed by atoms with Crippen LogP contribution in [0.3, 0.4) is 0 Å². The number of unbranched alkanes of at least 4 members (excludes halogenated alkanes) is 1. The number of phenolic OH excluding ortho intramolecular Hbond substituents is 1. The Kier molecular flexibility index (Phi) is 24.3. The fourth-order valence-corrected chi connectivity index (χ4v) is 9.20. The summed E-state index contributed by atoms with van der Waals surface area (Å²) >= 11 is 0. The molecule has 1 aliphatic heterocycles. The molecule has 446 valence electrons. The van der Waals surface area contributed by atoms with E-state index in [4.69, 9.17) is 17.2 Å². The Morgan fingerprint density at radius 2 is 1.37 bits per heavy atom. The normalized spacial score (nSPS) is 15.4. The highest BCUT2D eigenvalue weighted by molar-refractivity contribution is 5.97. The van der Waals surface area contributed by atoms with Crippen molar-refractivity contribution in [1.29, 1.82) is 0 Å². The summed E-state index contributed by atoms with van der Waals surface area (Å²) in [4.78, 5) is 150. The number of nitrogens with one attached hydrogen (secondary N) is 8. The Morgan fingerprint density at radius 3 is 1.98 bits per heavy atom. The number of nitrogens with two attached hydrogens (primary N) is 3. The van der Waals surface area contributed by atoms with Gasteiger partial charge in [0, 0.05) is 63.6 Å². The van der Waals surface area contributed by atoms with E-state index in [9.17, 15) is 53.1 Å². The van der Waals surface area contributed by atoms with Gasteiger partial charge in [-0.25, -0.2) is 9.97 Å². The second-order valence-corrected chi connectivity index (χ2v) is 21.0. The number of nitrogens with zero attached hydrogens (tertiary/aromatic N) is 5. The molecule has 82 heavy (non-hydrogen) atoms. The predicted molar refractivity (Wildman–Crippen MR) is 304 cm³/mol. The SMILES string of the molecule is CC[C@H](C)[C@H](N)C(=O)N[C@@H](CCCCN)C(=O)N1CCN(c2ccc3ncn(CC(=O)N[C@@H](C)C(=O)N[C@@H](Cc4cnc[nH]4)C(=O)N[C@@H](Cc4ccc(O)cc4)C(=O)N[C@@H](CC(C)C)C(=O)N[C@@H](CC(N)=O)C(=O)NC)c(=O)c3c2)CC1. The van der Waals surface area contributed by atoms with Crippen molar-refractivity contribution < 1.29 is 48.3 Å². The van der Waals surface area contributed by atoms with E-state index in [1.54, 1.807) is 30.9 Å². The number of benzene rings is 2. The molecule has 0 radical (unpaired) electrons. The van der Waals surface area contributed by atoms with Crippen molar-refractivity contribution in [2.75, 3.05) is 44.7 Å². The Hall–Kier alpha value is -8.46. The molecule has 1 saturated heterocycles. The molecular formula is C55H80N16O11. The minimum atomic E-state index is -1.40. The first-order valence-corrected chi connectivity index (χ1v) is 27.6. The lowest BCUT2D eigenvalue weighted by Crippen LogP contribution is -2.60. The first kappa shape index (κ1) is 64.4. The summed E-state index contributed by atoms with van der Waals surface area (Å²) < 4.78 is 1.10. The smallest absolute Gasteiger partial charge is 0.261 e. The number of aromatic amines is 1. The van der Waals surface area contributed by atoms with Crippen molar-refractivity contribution >= 4 is 69.8 Å². The average molecular weight is 1140 g/mol. The van der Waals surface area contributed by atoms with Crippen LogP contribution in [0.4, 0.5) is 5.69 Å². The number of fused-ring (bicyclic) bond motifs is 1. The van der Waals surface area contributed by atoms with Crippen LogP contribution in [0.2, 0.25) is 0 Å². The van der Waals surface area contributed by atoms with E-state index in [1.165, 1.54) is 57.1 Å². The number of primary amides is 1. The first-order chi connectivity index (χ1) is 39.0. The summed E-state index contributed by atoms with van der Waals surface area (Å²) in [6, 6.07) is 2.81. The molecule has 0 aliphatic carbocycles. The highest BCUT2D eigenvalue weighted by Crippen LogP contribution is 2.22. The van der Waals surface area contributed by atoms with E-state index in [1.807, 2.05) is 24.8 Å². The van der Waals surface area contributed by atoms with E-state index in [-0.39, 0.29) is 54.0 Å². The summed E-state index contributed by atoms with van der Waals surface area (Å²) in [6.45, 7) is 10.3. The first-order valence-electron chi connectivity index (χ1n) is 27.6. The van der Waals surface area contributed by atoms with Crippen LogP contribution in [-0.2, 0) is 62.5 Å². The van der Waals surface area contributed by atoms with Gasteiger partial charge in [-0.05, 0) is 86.9 Å². The minimum absolute atomic E-state index is 0.0609. The summed E-state index contributed by atoms with van der Waals surface area (Å²) in [5, 5.41) is 28.5. The highest BCUT2D eigenvalue weighted by Gasteiger charge is 2.35. The number of carbonyl (C=O) groups excluding carboxylic acids is 9. The van der Waals surface area contributed by atoms with Gasteiger partial charge < -0.3 is 74.3 Å². The van der Waals surface area contributed by atoms with Crippen LogP contribution in [0.15, 0.2) is 66.1 Å². The molecule has 8 atom stereocenters. The number of aromatic hydroxyl groups is 1. The van der Waals surface area contributed by atoms with Gasteiger partial charge in [0.05, 0.1) is 36.0 Å². The number of hydrogen-bond donors (Lipinski definition) is 12. The maximum Gasteiger partial charge on any atom is 0.261 e. The molecule has 3 heterocycles. The number of phenols is 1. The third-order valence-electron chi connectivity index (χ3n) is 14.2. The molecule has 2 aromatic heterocycles. The van der Waals surface area contributed by atoms with Crippen LogP contribution < -0.4 is 64.9 Å². The monoisotopic (exact) mass is 1140 g/mol. The third-order valence-corrected chi connectivity index (χ3v) is 14.2. The zero-order valence-corrected chi connectivity index (χ0v) is 47.4. The molecule has 0 spiro atoms. The van der Waals surface area contributed by atoms with Crippen LogP contribution in [0, 0.1) is 11.8 Å². The highest BCUT2D eigenvalue weighted by atomic mass is 16.3. The van der Waals surface area contributed by atoms with Crippen LogP contribution >= 0.6 is 0 Å². The summed E-state index contributed by atoms with van der Waals surface area (Å²) in [6.07, 6.45) is 5.71. The van der Waals surface area contributed by atoms with Crippen LogP contribution in [0.25, 0.3) is 10.9 Å². The maximum absolute atomic E-state index is 14.3. The number of imidazole rings is 1. The summed E-state index contributed by atoms with van der Waals surface area (Å²) in [7, 11) is 1.31. The average Bonchev–Trinajstić information content (AvgIpc) is 4.09. The number of amides is 9. The van der Waals surface area contributed by atoms with Gasteiger partial charge in [-0.2, -0.15) is 0 Å². The fraction of sp³-hybridized carbons (Fsp3) is 0.527. The van der Waals surface area contributed by atoms with Crippen LogP contribution in [0.1, 0.15) is 84.4 Å². The molecule has 5 rings (SSSR count). The Balaban J connectivity index is 1.26. The van der Waals surface area contributed by atoms with Crippen molar-refractivity contribution in [1.82, 2.24) is 61.6 Å². The van der Waals surface area contributed by atoms with E-state index >= 15 is 0 Å². The number of anilines is 1. The molecule has 0 bridgehead atoms. The van der Waals surface area contributed by atoms with Crippen molar-refractivity contribution in [3.63, 3.8) is 0 Å². The number of carbonyl (C=O) groups is 9. The Bertz CT molecular complexity index is 2910. The topological polar surface area (TPSA) is 406 Å². The molecule has 27 nitrogen and oxygen atoms in total. The van der Waals surface area contributed by atoms with Gasteiger partial charge in [0.25, 0.3) is 5.56 Å². The van der Waals surface area contributed by atoms with Gasteiger partial charge in [0.15, 0.2) is 0 Å². The number of hydrogen-bond acceptors (Lipinski definition) is 16. The van der Waals surface area contributed by atoms with Crippen LogP contribution in [0.5, 0.6) is 5.75 Å². The van der Waals surface area contributed by atoms with Crippen LogP contribution in [-0.4, -0.2) is 165 Å². The number of rotatable bonds is 30. The molecular weight excluding hydrogens is 1060 g/mol. The molecule has 15 N–H and O–H groups in total. The van der Waals surface area contributed by atoms with E-state index in [0.717, 1.165) is 4.57 Å². The fourth-order valence-electron chi connectivity index (χ4n) is 9.20. The lowest BCUT2D eigenvalue weighted by atomic mass is 9.98. The van der Waals surface area contributed by atoms with E-state index in [0.29, 0.717) is 80.9 Å². The number of H-pyrrole nitrogens is 1. The number of likely N-dealkylation sites (N-methyl/N-ethyl adjacent to an activating group) is 1. The third kappa shape index (κ3) is 18.8. The summed E-state index contributed by atoms with van der Waals surface area (Å²) in [5.74, 6) is -6.45. The van der Waals surface area contributed by atoms with Gasteiger partial charge in [-0.3, -0.25) is 52.5 Å². The van der Waals surface area contributed by atoms with Crippen molar-refractivity contribution in [3.05, 3.63) is 82.9 Å². The molecule has 0 unspecified atom stereocenters. The molecule has 27 heteroatoms. The zero-order valence-electron chi connectivity index (χ0n) is 47.4. The second kappa shape index (κ2) is 30.9. The van der Waals surface area contributed by atoms with E-state index in [2.05, 4.69) is 52.2 Å². The lowest BCUT2D eigenvalue weighted by molar-refractivity contribution is -0.137. The minimum Gasteiger partial charge on any atom is -0.508 e. The van der Waals surface area contributed by atoms with Crippen molar-refractivity contribution in [3.8, 4) is 5.75 Å².